The zero-order valence-electron chi connectivity index (χ0n) is 11.2. The quantitative estimate of drug-likeness (QED) is 0.866. The predicted octanol–water partition coefficient (Wildman–Crippen LogP) is 4.17. The van der Waals surface area contributed by atoms with Crippen LogP contribution < -0.4 is 5.32 Å². The maximum absolute atomic E-state index is 12.5. The summed E-state index contributed by atoms with van der Waals surface area (Å²) >= 11 is 0. The van der Waals surface area contributed by atoms with Gasteiger partial charge in [0.15, 0.2) is 0 Å². The first-order valence-corrected chi connectivity index (χ1v) is 6.86. The molecule has 0 spiro atoms. The fourth-order valence-corrected chi connectivity index (χ4v) is 3.00. The van der Waals surface area contributed by atoms with Crippen LogP contribution in [0.4, 0.5) is 13.2 Å². The van der Waals surface area contributed by atoms with Gasteiger partial charge in [0, 0.05) is 5.54 Å². The summed E-state index contributed by atoms with van der Waals surface area (Å²) in [6, 6.07) is 5.59. The second-order valence-corrected chi connectivity index (χ2v) is 5.43. The van der Waals surface area contributed by atoms with Gasteiger partial charge in [0.05, 0.1) is 5.56 Å². The van der Waals surface area contributed by atoms with Crippen LogP contribution in [0.3, 0.4) is 0 Å². The van der Waals surface area contributed by atoms with E-state index in [2.05, 4.69) is 12.2 Å². The second kappa shape index (κ2) is 5.53. The first-order chi connectivity index (χ1) is 8.95. The minimum absolute atomic E-state index is 0.0918. The number of halogens is 3. The van der Waals surface area contributed by atoms with Gasteiger partial charge in [0.2, 0.25) is 0 Å². The number of nitrogens with one attached hydrogen (secondary N) is 1. The smallest absolute Gasteiger partial charge is 0.311 e. The van der Waals surface area contributed by atoms with Crippen molar-refractivity contribution in [2.24, 2.45) is 0 Å². The molecular formula is C15H20F3N. The molecule has 4 heteroatoms. The lowest BCUT2D eigenvalue weighted by Crippen LogP contribution is -2.41. The first kappa shape index (κ1) is 14.4. The average Bonchev–Trinajstić information content (AvgIpc) is 2.77. The van der Waals surface area contributed by atoms with Crippen molar-refractivity contribution in [1.82, 2.24) is 5.32 Å². The van der Waals surface area contributed by atoms with Gasteiger partial charge in [-0.25, -0.2) is 0 Å². The third kappa shape index (κ3) is 3.50. The van der Waals surface area contributed by atoms with E-state index in [1.807, 2.05) is 0 Å². The Morgan fingerprint density at radius 2 is 1.89 bits per heavy atom. The van der Waals surface area contributed by atoms with Crippen molar-refractivity contribution < 1.29 is 13.2 Å². The van der Waals surface area contributed by atoms with Crippen LogP contribution in [0.25, 0.3) is 0 Å². The molecule has 1 aromatic rings. The van der Waals surface area contributed by atoms with Crippen molar-refractivity contribution >= 4 is 0 Å². The molecule has 2 rings (SSSR count). The minimum atomic E-state index is -4.24. The second-order valence-electron chi connectivity index (χ2n) is 5.43. The normalized spacial score (nSPS) is 23.8. The van der Waals surface area contributed by atoms with Crippen LogP contribution >= 0.6 is 0 Å². The van der Waals surface area contributed by atoms with Gasteiger partial charge < -0.3 is 5.32 Å². The van der Waals surface area contributed by atoms with E-state index in [0.717, 1.165) is 44.2 Å². The number of hydrogen-bond acceptors (Lipinski definition) is 1. The average molecular weight is 271 g/mol. The van der Waals surface area contributed by atoms with Crippen LogP contribution in [0.1, 0.15) is 43.7 Å². The van der Waals surface area contributed by atoms with Crippen LogP contribution in [0, 0.1) is 0 Å². The summed E-state index contributed by atoms with van der Waals surface area (Å²) in [7, 11) is 0. The third-order valence-corrected chi connectivity index (χ3v) is 3.88. The molecule has 1 nitrogen and oxygen atoms in total. The lowest BCUT2D eigenvalue weighted by Gasteiger charge is -2.29. The summed E-state index contributed by atoms with van der Waals surface area (Å²) < 4.78 is 37.5. The molecule has 1 fully saturated rings. The van der Waals surface area contributed by atoms with Crippen molar-refractivity contribution in [3.05, 3.63) is 35.4 Å². The van der Waals surface area contributed by atoms with Crippen molar-refractivity contribution in [3.63, 3.8) is 0 Å². The number of alkyl halides is 3. The SMILES string of the molecule is CCCC1(Cc2ccc(C(F)(F)F)cc2)CCCN1. The number of rotatable bonds is 4. The van der Waals surface area contributed by atoms with Crippen molar-refractivity contribution in [1.29, 1.82) is 0 Å². The van der Waals surface area contributed by atoms with Gasteiger partial charge >= 0.3 is 6.18 Å². The van der Waals surface area contributed by atoms with Crippen LogP contribution in [0.5, 0.6) is 0 Å². The van der Waals surface area contributed by atoms with Crippen molar-refractivity contribution in [2.75, 3.05) is 6.54 Å². The van der Waals surface area contributed by atoms with E-state index < -0.39 is 11.7 Å². The fourth-order valence-electron chi connectivity index (χ4n) is 3.00. The van der Waals surface area contributed by atoms with Crippen LogP contribution in [-0.2, 0) is 12.6 Å². The molecule has 106 valence electrons. The van der Waals surface area contributed by atoms with Gasteiger partial charge in [0.1, 0.15) is 0 Å². The monoisotopic (exact) mass is 271 g/mol. The zero-order valence-corrected chi connectivity index (χ0v) is 11.2. The van der Waals surface area contributed by atoms with Crippen molar-refractivity contribution in [3.8, 4) is 0 Å². The highest BCUT2D eigenvalue weighted by Gasteiger charge is 2.33. The zero-order chi connectivity index (χ0) is 13.9. The van der Waals surface area contributed by atoms with Gasteiger partial charge in [-0.1, -0.05) is 25.5 Å². The largest absolute Gasteiger partial charge is 0.416 e. The highest BCUT2D eigenvalue weighted by atomic mass is 19.4. The van der Waals surface area contributed by atoms with Crippen molar-refractivity contribution in [2.45, 2.75) is 50.7 Å². The Hall–Kier alpha value is -1.03. The third-order valence-electron chi connectivity index (χ3n) is 3.88. The molecule has 1 N–H and O–H groups in total. The fraction of sp³-hybridized carbons (Fsp3) is 0.600. The molecule has 0 aromatic heterocycles. The Labute approximate surface area is 112 Å². The minimum Gasteiger partial charge on any atom is -0.311 e. The molecule has 0 bridgehead atoms. The van der Waals surface area contributed by atoms with E-state index >= 15 is 0 Å². The summed E-state index contributed by atoms with van der Waals surface area (Å²) in [5, 5.41) is 3.54. The van der Waals surface area contributed by atoms with E-state index in [0.29, 0.717) is 0 Å². The van der Waals surface area contributed by atoms with E-state index in [9.17, 15) is 13.2 Å². The van der Waals surface area contributed by atoms with Gasteiger partial charge in [-0.15, -0.1) is 0 Å². The molecule has 0 radical (unpaired) electrons. The molecule has 1 aromatic carbocycles. The highest BCUT2D eigenvalue weighted by Crippen LogP contribution is 2.32. The molecule has 1 aliphatic heterocycles. The van der Waals surface area contributed by atoms with E-state index in [4.69, 9.17) is 0 Å². The standard InChI is InChI=1S/C15H20F3N/c1-2-8-14(9-3-10-19-14)11-12-4-6-13(7-5-12)15(16,17)18/h4-7,19H,2-3,8-11H2,1H3. The molecule has 1 aliphatic rings. The highest BCUT2D eigenvalue weighted by molar-refractivity contribution is 5.26. The number of benzene rings is 1. The Morgan fingerprint density at radius 3 is 2.37 bits per heavy atom. The number of hydrogen-bond donors (Lipinski definition) is 1. The van der Waals surface area contributed by atoms with E-state index in [-0.39, 0.29) is 5.54 Å². The molecule has 1 atom stereocenters. The van der Waals surface area contributed by atoms with Crippen LogP contribution in [0.15, 0.2) is 24.3 Å². The summed E-state index contributed by atoms with van der Waals surface area (Å²) in [4.78, 5) is 0. The summed E-state index contributed by atoms with van der Waals surface area (Å²) in [5.74, 6) is 0. The molecule has 0 aliphatic carbocycles. The lowest BCUT2D eigenvalue weighted by atomic mass is 9.85. The summed E-state index contributed by atoms with van der Waals surface area (Å²) in [5.41, 5.74) is 0.505. The molecule has 1 heterocycles. The topological polar surface area (TPSA) is 12.0 Å². The van der Waals surface area contributed by atoms with E-state index in [1.165, 1.54) is 12.1 Å². The molecule has 0 saturated carbocycles. The van der Waals surface area contributed by atoms with Crippen LogP contribution in [-0.4, -0.2) is 12.1 Å². The van der Waals surface area contributed by atoms with Gasteiger partial charge in [-0.3, -0.25) is 0 Å². The Balaban J connectivity index is 2.10. The lowest BCUT2D eigenvalue weighted by molar-refractivity contribution is -0.137. The summed E-state index contributed by atoms with van der Waals surface area (Å²) in [6.07, 6.45) is 1.01. The maximum Gasteiger partial charge on any atom is 0.416 e. The van der Waals surface area contributed by atoms with Gasteiger partial charge in [-0.05, 0) is 49.9 Å². The van der Waals surface area contributed by atoms with E-state index in [1.54, 1.807) is 12.1 Å². The first-order valence-electron chi connectivity index (χ1n) is 6.86. The van der Waals surface area contributed by atoms with Gasteiger partial charge in [0.25, 0.3) is 0 Å². The van der Waals surface area contributed by atoms with Crippen LogP contribution in [0.2, 0.25) is 0 Å². The Bertz CT molecular complexity index is 402. The molecular weight excluding hydrogens is 251 g/mol. The van der Waals surface area contributed by atoms with Gasteiger partial charge in [-0.2, -0.15) is 13.2 Å². The molecule has 19 heavy (non-hydrogen) atoms. The molecule has 0 amide bonds. The molecule has 1 saturated heterocycles. The Kier molecular flexibility index (Phi) is 4.19. The molecule has 1 unspecified atom stereocenters. The summed E-state index contributed by atoms with van der Waals surface area (Å²) in [6.45, 7) is 3.16. The Morgan fingerprint density at radius 1 is 1.21 bits per heavy atom. The maximum atomic E-state index is 12.5. The predicted molar refractivity (Wildman–Crippen MR) is 70.0 cm³/mol.